The van der Waals surface area contributed by atoms with E-state index in [9.17, 15) is 4.79 Å². The van der Waals surface area contributed by atoms with Crippen molar-refractivity contribution < 1.29 is 14.8 Å². The van der Waals surface area contributed by atoms with Crippen LogP contribution in [0, 0.1) is 23.2 Å². The van der Waals surface area contributed by atoms with E-state index in [2.05, 4.69) is 18.8 Å². The molecule has 134 valence electrons. The van der Waals surface area contributed by atoms with Gasteiger partial charge in [0.15, 0.2) is 0 Å². The molecule has 5 atom stereocenters. The summed E-state index contributed by atoms with van der Waals surface area (Å²) in [5, 5.41) is 2.47. The van der Waals surface area contributed by atoms with Gasteiger partial charge < -0.3 is 10.1 Å². The molecule has 0 aromatic carbocycles. The monoisotopic (exact) mass is 332 g/mol. The highest BCUT2D eigenvalue weighted by Gasteiger charge is 2.55. The lowest BCUT2D eigenvalue weighted by atomic mass is 9.55. The molecule has 4 fully saturated rings. The summed E-state index contributed by atoms with van der Waals surface area (Å²) in [7, 11) is 0. The summed E-state index contributed by atoms with van der Waals surface area (Å²) < 4.78 is 5.88. The Morgan fingerprint density at radius 3 is 2.83 bits per heavy atom. The minimum atomic E-state index is 0.0879. The van der Waals surface area contributed by atoms with Gasteiger partial charge in [-0.15, -0.1) is 0 Å². The van der Waals surface area contributed by atoms with Gasteiger partial charge in [-0.25, -0.2) is 0 Å². The second-order valence-electron chi connectivity index (χ2n) is 9.27. The van der Waals surface area contributed by atoms with Gasteiger partial charge >= 0.3 is 5.97 Å². The van der Waals surface area contributed by atoms with Crippen LogP contribution in [0.3, 0.4) is 0 Å². The lowest BCUT2D eigenvalue weighted by molar-refractivity contribution is -0.695. The highest BCUT2D eigenvalue weighted by atomic mass is 16.6. The Hall–Kier alpha value is -0.830. The fourth-order valence-corrected chi connectivity index (χ4v) is 6.23. The number of hydrogen-bond acceptors (Lipinski definition) is 2. The molecule has 0 amide bonds. The Balaban J connectivity index is 1.43. The highest BCUT2D eigenvalue weighted by Crippen LogP contribution is 2.56. The lowest BCUT2D eigenvalue weighted by Gasteiger charge is -2.49. The summed E-state index contributed by atoms with van der Waals surface area (Å²) in [6.45, 7) is 7.74. The van der Waals surface area contributed by atoms with Crippen LogP contribution in [0.4, 0.5) is 0 Å². The first-order chi connectivity index (χ1) is 11.6. The first-order valence-electron chi connectivity index (χ1n) is 10.3. The minimum absolute atomic E-state index is 0.0879. The van der Waals surface area contributed by atoms with Gasteiger partial charge in [0.25, 0.3) is 0 Å². The van der Waals surface area contributed by atoms with Crippen molar-refractivity contribution in [2.24, 2.45) is 23.2 Å². The Bertz CT molecular complexity index is 510. The fraction of sp³-hybridized carbons (Fsp3) is 0.857. The molecule has 0 aromatic rings. The minimum Gasteiger partial charge on any atom is -0.462 e. The zero-order valence-electron chi connectivity index (χ0n) is 15.3. The molecule has 24 heavy (non-hydrogen) atoms. The normalized spacial score (nSPS) is 43.2. The lowest BCUT2D eigenvalue weighted by Crippen LogP contribution is -2.91. The molecule has 1 heterocycles. The summed E-state index contributed by atoms with van der Waals surface area (Å²) in [5.74, 6) is 1.26. The second kappa shape index (κ2) is 6.48. The van der Waals surface area contributed by atoms with Crippen molar-refractivity contribution in [2.75, 3.05) is 6.54 Å². The number of rotatable bonds is 3. The van der Waals surface area contributed by atoms with E-state index in [-0.39, 0.29) is 18.0 Å². The number of ether oxygens (including phenoxy) is 1. The second-order valence-corrected chi connectivity index (χ2v) is 9.27. The largest absolute Gasteiger partial charge is 0.462 e. The Kier molecular flexibility index (Phi) is 4.49. The van der Waals surface area contributed by atoms with E-state index in [0.29, 0.717) is 17.3 Å². The van der Waals surface area contributed by atoms with E-state index < -0.39 is 0 Å². The number of quaternary nitrogens is 1. The predicted molar refractivity (Wildman–Crippen MR) is 94.3 cm³/mol. The van der Waals surface area contributed by atoms with E-state index in [4.69, 9.17) is 4.74 Å². The maximum Gasteiger partial charge on any atom is 0.315 e. The summed E-state index contributed by atoms with van der Waals surface area (Å²) in [6.07, 6.45) is 12.9. The van der Waals surface area contributed by atoms with Crippen molar-refractivity contribution in [1.29, 1.82) is 0 Å². The maximum absolute atomic E-state index is 12.5. The molecule has 0 bridgehead atoms. The third-order valence-electron chi connectivity index (χ3n) is 7.69. The number of esters is 1. The van der Waals surface area contributed by atoms with E-state index in [0.717, 1.165) is 25.4 Å². The van der Waals surface area contributed by atoms with Crippen molar-refractivity contribution in [3.8, 4) is 0 Å². The van der Waals surface area contributed by atoms with E-state index in [1.165, 1.54) is 56.9 Å². The number of carbonyl (C=O) groups excluding carboxylic acids is 1. The smallest absolute Gasteiger partial charge is 0.315 e. The zero-order valence-corrected chi connectivity index (χ0v) is 15.3. The van der Waals surface area contributed by atoms with Gasteiger partial charge in [0.05, 0.1) is 12.6 Å². The van der Waals surface area contributed by atoms with Crippen LogP contribution in [0.25, 0.3) is 0 Å². The molecule has 1 saturated heterocycles. The number of fused-ring (bicyclic) bond motifs is 2. The fourth-order valence-electron chi connectivity index (χ4n) is 6.23. The molecule has 1 aliphatic heterocycles. The molecular weight excluding hydrogens is 298 g/mol. The Morgan fingerprint density at radius 2 is 2.04 bits per heavy atom. The summed E-state index contributed by atoms with van der Waals surface area (Å²) in [4.78, 5) is 12.5. The molecule has 0 unspecified atom stereocenters. The topological polar surface area (TPSA) is 42.9 Å². The van der Waals surface area contributed by atoms with Gasteiger partial charge in [-0.2, -0.15) is 0 Å². The van der Waals surface area contributed by atoms with Gasteiger partial charge in [-0.05, 0) is 69.1 Å². The summed E-state index contributed by atoms with van der Waals surface area (Å²) in [5.41, 5.74) is 1.76. The van der Waals surface area contributed by atoms with Gasteiger partial charge in [0.1, 0.15) is 12.0 Å². The van der Waals surface area contributed by atoms with Gasteiger partial charge in [-0.3, -0.25) is 4.79 Å². The van der Waals surface area contributed by atoms with Crippen LogP contribution in [0.1, 0.15) is 71.1 Å². The zero-order chi connectivity index (χ0) is 16.7. The van der Waals surface area contributed by atoms with Crippen molar-refractivity contribution >= 4 is 5.97 Å². The van der Waals surface area contributed by atoms with Gasteiger partial charge in [0.2, 0.25) is 0 Å². The molecule has 0 aromatic heterocycles. The van der Waals surface area contributed by atoms with Crippen molar-refractivity contribution in [3.63, 3.8) is 0 Å². The maximum atomic E-state index is 12.5. The average molecular weight is 333 g/mol. The van der Waals surface area contributed by atoms with Crippen LogP contribution in [0.2, 0.25) is 0 Å². The van der Waals surface area contributed by atoms with E-state index in [1.807, 2.05) is 0 Å². The molecule has 0 radical (unpaired) electrons. The SMILES string of the molecule is C=C1CCC[C@]2(C)C[C@H]3OC(=O)[C@H](C[NH2+]C4CCCCC4)[C@H]3C[C@@H]12. The van der Waals surface area contributed by atoms with Crippen LogP contribution in [-0.4, -0.2) is 24.7 Å². The predicted octanol–water partition coefficient (Wildman–Crippen LogP) is 3.20. The number of nitrogens with two attached hydrogens (primary N) is 1. The highest BCUT2D eigenvalue weighted by molar-refractivity contribution is 5.75. The number of hydrogen-bond donors (Lipinski definition) is 1. The Labute approximate surface area is 146 Å². The average Bonchev–Trinajstić information content (AvgIpc) is 2.86. The molecule has 4 rings (SSSR count). The number of allylic oxidation sites excluding steroid dienone is 1. The standard InChI is InChI=1S/C21H33NO2/c1-14-7-6-10-21(2)12-19-16(11-18(14)21)17(20(23)24-19)13-22-15-8-4-3-5-9-15/h15-19,22H,1,3-13H2,2H3/p+1/t16-,17-,18+,19-,21-/m1/s1. The molecule has 3 heteroatoms. The molecular formula is C21H34NO2+. The molecule has 2 N–H and O–H groups in total. The third kappa shape index (κ3) is 2.94. The van der Waals surface area contributed by atoms with Crippen LogP contribution in [0.5, 0.6) is 0 Å². The molecule has 3 nitrogen and oxygen atoms in total. The molecule has 4 aliphatic rings. The van der Waals surface area contributed by atoms with E-state index in [1.54, 1.807) is 0 Å². The van der Waals surface area contributed by atoms with Gasteiger partial charge in [-0.1, -0.05) is 25.5 Å². The summed E-state index contributed by atoms with van der Waals surface area (Å²) >= 11 is 0. The van der Waals surface area contributed by atoms with Crippen molar-refractivity contribution in [3.05, 3.63) is 12.2 Å². The van der Waals surface area contributed by atoms with Crippen molar-refractivity contribution in [1.82, 2.24) is 0 Å². The first-order valence-corrected chi connectivity index (χ1v) is 10.3. The van der Waals surface area contributed by atoms with Crippen LogP contribution in [0.15, 0.2) is 12.2 Å². The molecule has 3 saturated carbocycles. The van der Waals surface area contributed by atoms with Gasteiger partial charge in [0, 0.05) is 5.92 Å². The van der Waals surface area contributed by atoms with Crippen molar-refractivity contribution in [2.45, 2.75) is 83.3 Å². The van der Waals surface area contributed by atoms with Crippen LogP contribution >= 0.6 is 0 Å². The first kappa shape index (κ1) is 16.6. The quantitative estimate of drug-likeness (QED) is 0.637. The van der Waals surface area contributed by atoms with Crippen LogP contribution in [-0.2, 0) is 9.53 Å². The molecule has 3 aliphatic carbocycles. The summed E-state index contributed by atoms with van der Waals surface area (Å²) in [6, 6.07) is 0.740. The Morgan fingerprint density at radius 1 is 1.25 bits per heavy atom. The van der Waals surface area contributed by atoms with Crippen LogP contribution < -0.4 is 5.32 Å². The van der Waals surface area contributed by atoms with E-state index >= 15 is 0 Å². The third-order valence-corrected chi connectivity index (χ3v) is 7.69. The number of carbonyl (C=O) groups is 1. The molecule has 0 spiro atoms.